The van der Waals surface area contributed by atoms with Crippen LogP contribution < -0.4 is 0 Å². The van der Waals surface area contributed by atoms with Crippen LogP contribution in [0.4, 0.5) is 0 Å². The second-order valence-corrected chi connectivity index (χ2v) is 2.50. The second kappa shape index (κ2) is 4.30. The first-order valence-electron chi connectivity index (χ1n) is 3.39. The van der Waals surface area contributed by atoms with Crippen molar-refractivity contribution < 1.29 is 0 Å². The summed E-state index contributed by atoms with van der Waals surface area (Å²) < 4.78 is 0. The molecule has 0 aromatic rings. The van der Waals surface area contributed by atoms with Gasteiger partial charge in [-0.2, -0.15) is 0 Å². The molecule has 0 fully saturated rings. The van der Waals surface area contributed by atoms with E-state index in [1.807, 2.05) is 19.9 Å². The van der Waals surface area contributed by atoms with E-state index in [0.29, 0.717) is 0 Å². The summed E-state index contributed by atoms with van der Waals surface area (Å²) in [6, 6.07) is 0. The third kappa shape index (κ3) is 5.28. The van der Waals surface area contributed by atoms with E-state index in [2.05, 4.69) is 6.92 Å². The van der Waals surface area contributed by atoms with Gasteiger partial charge in [-0.15, -0.1) is 0 Å². The predicted molar refractivity (Wildman–Crippen MR) is 42.1 cm³/mol. The van der Waals surface area contributed by atoms with Crippen molar-refractivity contribution in [3.05, 3.63) is 11.6 Å². The minimum atomic E-state index is 0.748. The molecule has 0 spiro atoms. The van der Waals surface area contributed by atoms with Gasteiger partial charge in [-0.25, -0.2) is 0 Å². The second-order valence-electron chi connectivity index (χ2n) is 2.50. The zero-order valence-electron chi connectivity index (χ0n) is 6.49. The fourth-order valence-corrected chi connectivity index (χ4v) is 0.690. The molecule has 0 amide bonds. The van der Waals surface area contributed by atoms with E-state index < -0.39 is 0 Å². The quantitative estimate of drug-likeness (QED) is 0.561. The van der Waals surface area contributed by atoms with E-state index >= 15 is 0 Å². The Morgan fingerprint density at radius 2 is 2.00 bits per heavy atom. The molecule has 0 aromatic heterocycles. The zero-order chi connectivity index (χ0) is 7.28. The van der Waals surface area contributed by atoms with Crippen molar-refractivity contribution in [3.63, 3.8) is 0 Å². The maximum Gasteiger partial charge on any atom is 0.0313 e. The molecule has 9 heavy (non-hydrogen) atoms. The van der Waals surface area contributed by atoms with Crippen molar-refractivity contribution in [3.8, 4) is 0 Å². The lowest BCUT2D eigenvalue weighted by atomic mass is 10.2. The van der Waals surface area contributed by atoms with E-state index in [-0.39, 0.29) is 0 Å². The Balaban J connectivity index is 3.63. The Morgan fingerprint density at radius 1 is 1.44 bits per heavy atom. The highest BCUT2D eigenvalue weighted by Gasteiger charge is 1.87. The van der Waals surface area contributed by atoms with Gasteiger partial charge in [0.1, 0.15) is 0 Å². The van der Waals surface area contributed by atoms with Crippen LogP contribution in [0.3, 0.4) is 0 Å². The van der Waals surface area contributed by atoms with Crippen LogP contribution in [0.5, 0.6) is 0 Å². The lowest BCUT2D eigenvalue weighted by Gasteiger charge is -1.93. The van der Waals surface area contributed by atoms with E-state index in [1.165, 1.54) is 5.57 Å². The fourth-order valence-electron chi connectivity index (χ4n) is 0.690. The van der Waals surface area contributed by atoms with Crippen LogP contribution in [-0.2, 0) is 0 Å². The molecule has 0 aliphatic rings. The van der Waals surface area contributed by atoms with Crippen molar-refractivity contribution in [1.82, 2.24) is 0 Å². The minimum absolute atomic E-state index is 0.748. The Morgan fingerprint density at radius 3 is 2.33 bits per heavy atom. The van der Waals surface area contributed by atoms with Gasteiger partial charge in [0, 0.05) is 5.71 Å². The summed E-state index contributed by atoms with van der Waals surface area (Å²) in [6.45, 7) is 6.13. The molecule has 0 atom stereocenters. The summed E-state index contributed by atoms with van der Waals surface area (Å²) >= 11 is 0. The van der Waals surface area contributed by atoms with Crippen LogP contribution in [-0.4, -0.2) is 5.71 Å². The lowest BCUT2D eigenvalue weighted by Crippen LogP contribution is -1.89. The van der Waals surface area contributed by atoms with Crippen molar-refractivity contribution in [2.75, 3.05) is 0 Å². The Kier molecular flexibility index (Phi) is 4.02. The Bertz CT molecular complexity index is 119. The summed E-state index contributed by atoms with van der Waals surface area (Å²) in [5.74, 6) is 0. The molecule has 0 aliphatic heterocycles. The molecule has 0 unspecified atom stereocenters. The predicted octanol–water partition coefficient (Wildman–Crippen LogP) is 2.77. The van der Waals surface area contributed by atoms with E-state index in [1.54, 1.807) is 0 Å². The highest BCUT2D eigenvalue weighted by molar-refractivity contribution is 5.92. The molecule has 0 aliphatic carbocycles. The summed E-state index contributed by atoms with van der Waals surface area (Å²) in [5.41, 5.74) is 1.96. The number of rotatable bonds is 3. The number of allylic oxidation sites excluding steroid dienone is 2. The summed E-state index contributed by atoms with van der Waals surface area (Å²) in [5, 5.41) is 7.34. The van der Waals surface area contributed by atoms with E-state index in [0.717, 1.165) is 18.6 Å². The topological polar surface area (TPSA) is 23.9 Å². The van der Waals surface area contributed by atoms with E-state index in [9.17, 15) is 0 Å². The number of hydrogen-bond acceptors (Lipinski definition) is 1. The van der Waals surface area contributed by atoms with Gasteiger partial charge in [-0.05, 0) is 26.3 Å². The lowest BCUT2D eigenvalue weighted by molar-refractivity contribution is 0.989. The van der Waals surface area contributed by atoms with E-state index in [4.69, 9.17) is 5.41 Å². The number of hydrogen-bond donors (Lipinski definition) is 1. The molecular formula is C8H15N. The van der Waals surface area contributed by atoms with Crippen molar-refractivity contribution in [2.45, 2.75) is 33.6 Å². The first kappa shape index (κ1) is 8.41. The molecule has 0 rings (SSSR count). The van der Waals surface area contributed by atoms with Crippen LogP contribution in [0.1, 0.15) is 33.6 Å². The minimum Gasteiger partial charge on any atom is -0.305 e. The van der Waals surface area contributed by atoms with Gasteiger partial charge in [0.2, 0.25) is 0 Å². The standard InChI is InChI=1S/C8H15N/c1-4-5-8(9)6-7(2)3/h6,9H,4-5H2,1-3H3. The Hall–Kier alpha value is -0.590. The molecule has 0 heterocycles. The first-order chi connectivity index (χ1) is 4.16. The fraction of sp³-hybridized carbons (Fsp3) is 0.625. The third-order valence-electron chi connectivity index (χ3n) is 0.982. The van der Waals surface area contributed by atoms with Gasteiger partial charge in [0.15, 0.2) is 0 Å². The van der Waals surface area contributed by atoms with Crippen molar-refractivity contribution >= 4 is 5.71 Å². The summed E-state index contributed by atoms with van der Waals surface area (Å²) in [4.78, 5) is 0. The highest BCUT2D eigenvalue weighted by Crippen LogP contribution is 1.95. The first-order valence-corrected chi connectivity index (χ1v) is 3.39. The van der Waals surface area contributed by atoms with Crippen LogP contribution in [0, 0.1) is 5.41 Å². The zero-order valence-corrected chi connectivity index (χ0v) is 6.49. The van der Waals surface area contributed by atoms with Crippen molar-refractivity contribution in [2.24, 2.45) is 0 Å². The van der Waals surface area contributed by atoms with Crippen LogP contribution in [0.15, 0.2) is 11.6 Å². The summed E-state index contributed by atoms with van der Waals surface area (Å²) in [6.07, 6.45) is 3.90. The smallest absolute Gasteiger partial charge is 0.0313 e. The highest BCUT2D eigenvalue weighted by atomic mass is 14.4. The van der Waals surface area contributed by atoms with Gasteiger partial charge >= 0.3 is 0 Å². The van der Waals surface area contributed by atoms with Gasteiger partial charge in [0.25, 0.3) is 0 Å². The maximum atomic E-state index is 7.34. The van der Waals surface area contributed by atoms with Crippen LogP contribution in [0.2, 0.25) is 0 Å². The summed E-state index contributed by atoms with van der Waals surface area (Å²) in [7, 11) is 0. The maximum absolute atomic E-state index is 7.34. The van der Waals surface area contributed by atoms with Crippen molar-refractivity contribution in [1.29, 1.82) is 5.41 Å². The van der Waals surface area contributed by atoms with Gasteiger partial charge in [-0.1, -0.05) is 18.9 Å². The average Bonchev–Trinajstić information content (AvgIpc) is 1.63. The third-order valence-corrected chi connectivity index (χ3v) is 0.982. The molecule has 1 heteroatoms. The molecule has 1 N–H and O–H groups in total. The Labute approximate surface area is 57.3 Å². The molecule has 1 nitrogen and oxygen atoms in total. The normalized spacial score (nSPS) is 8.78. The molecule has 0 bridgehead atoms. The number of nitrogens with one attached hydrogen (secondary N) is 1. The molecule has 52 valence electrons. The largest absolute Gasteiger partial charge is 0.305 e. The molecule has 0 aromatic carbocycles. The van der Waals surface area contributed by atoms with Gasteiger partial charge in [0.05, 0.1) is 0 Å². The van der Waals surface area contributed by atoms with Gasteiger partial charge < -0.3 is 5.41 Å². The molecular weight excluding hydrogens is 110 g/mol. The molecule has 0 saturated heterocycles. The average molecular weight is 125 g/mol. The molecule has 0 saturated carbocycles. The SMILES string of the molecule is CCCC(=N)C=C(C)C. The van der Waals surface area contributed by atoms with Crippen LogP contribution >= 0.6 is 0 Å². The molecule has 0 radical (unpaired) electrons. The van der Waals surface area contributed by atoms with Crippen LogP contribution in [0.25, 0.3) is 0 Å². The van der Waals surface area contributed by atoms with Gasteiger partial charge in [-0.3, -0.25) is 0 Å². The monoisotopic (exact) mass is 125 g/mol.